The molecule has 1 amide bonds. The van der Waals surface area contributed by atoms with Gasteiger partial charge in [-0.2, -0.15) is 0 Å². The molecule has 2 aliphatic rings. The summed E-state index contributed by atoms with van der Waals surface area (Å²) in [5, 5.41) is 0. The third-order valence-electron chi connectivity index (χ3n) is 6.34. The molecule has 2 heterocycles. The number of ether oxygens (including phenoxy) is 3. The maximum atomic E-state index is 12.0. The van der Waals surface area contributed by atoms with Crippen molar-refractivity contribution in [3.8, 4) is 11.5 Å². The second-order valence-corrected chi connectivity index (χ2v) is 9.02. The molecule has 2 aliphatic heterocycles. The van der Waals surface area contributed by atoms with Crippen molar-refractivity contribution in [1.29, 1.82) is 0 Å². The van der Waals surface area contributed by atoms with E-state index in [0.29, 0.717) is 30.4 Å². The largest absolute Gasteiger partial charge is 0.493 e. The normalized spacial score (nSPS) is 23.9. The van der Waals surface area contributed by atoms with E-state index in [1.54, 1.807) is 28.3 Å². The van der Waals surface area contributed by atoms with Gasteiger partial charge in [-0.05, 0) is 60.3 Å². The first-order valence-electron chi connectivity index (χ1n) is 10.7. The Bertz CT molecular complexity index is 719. The van der Waals surface area contributed by atoms with E-state index in [1.165, 1.54) is 16.0 Å². The number of hydrogen-bond acceptors (Lipinski definition) is 5. The lowest BCUT2D eigenvalue weighted by Gasteiger charge is -2.47. The van der Waals surface area contributed by atoms with Gasteiger partial charge in [-0.3, -0.25) is 4.90 Å². The van der Waals surface area contributed by atoms with Gasteiger partial charge in [-0.15, -0.1) is 0 Å². The molecule has 0 spiro atoms. The maximum Gasteiger partial charge on any atom is 0.409 e. The summed E-state index contributed by atoms with van der Waals surface area (Å²) in [6.07, 6.45) is 2.93. The SMILES string of the molecule is COc1cc2c(cc1OC)[C@H]1C[C@@H](COC(=O)N(C)C)[C@H](CC(C)C)CN1CC2. The fraction of sp³-hybridized carbons (Fsp3) is 0.696. The Balaban J connectivity index is 1.84. The Labute approximate surface area is 175 Å². The second kappa shape index (κ2) is 9.24. The standard InChI is InChI=1S/C23H36N2O4/c1-15(2)9-17-13-25-8-7-16-11-21(27-5)22(28-6)12-19(16)20(25)10-18(17)14-29-23(26)24(3)4/h11-12,15,17-18,20H,7-10,13-14H2,1-6H3/t17-,18+,20-/m1/s1. The van der Waals surface area contributed by atoms with E-state index in [-0.39, 0.29) is 6.09 Å². The Morgan fingerprint density at radius 2 is 1.86 bits per heavy atom. The van der Waals surface area contributed by atoms with Gasteiger partial charge in [0.15, 0.2) is 11.5 Å². The van der Waals surface area contributed by atoms with E-state index >= 15 is 0 Å². The van der Waals surface area contributed by atoms with Gasteiger partial charge in [0.2, 0.25) is 0 Å². The third kappa shape index (κ3) is 4.80. The van der Waals surface area contributed by atoms with Crippen LogP contribution in [0.1, 0.15) is 43.9 Å². The zero-order valence-electron chi connectivity index (χ0n) is 18.7. The number of benzene rings is 1. The van der Waals surface area contributed by atoms with Crippen LogP contribution in [-0.2, 0) is 11.2 Å². The average molecular weight is 405 g/mol. The highest BCUT2D eigenvalue weighted by molar-refractivity contribution is 5.66. The second-order valence-electron chi connectivity index (χ2n) is 9.02. The molecule has 3 rings (SSSR count). The van der Waals surface area contributed by atoms with Crippen LogP contribution >= 0.6 is 0 Å². The summed E-state index contributed by atoms with van der Waals surface area (Å²) in [7, 11) is 6.83. The Hall–Kier alpha value is -1.95. The van der Waals surface area contributed by atoms with Crippen molar-refractivity contribution in [2.75, 3.05) is 48.0 Å². The molecule has 0 aromatic heterocycles. The summed E-state index contributed by atoms with van der Waals surface area (Å²) < 4.78 is 16.7. The van der Waals surface area contributed by atoms with Crippen molar-refractivity contribution in [3.63, 3.8) is 0 Å². The van der Waals surface area contributed by atoms with Crippen LogP contribution in [0.15, 0.2) is 12.1 Å². The van der Waals surface area contributed by atoms with Gasteiger partial charge in [0.05, 0.1) is 20.8 Å². The Morgan fingerprint density at radius 1 is 1.17 bits per heavy atom. The van der Waals surface area contributed by atoms with E-state index in [1.807, 2.05) is 0 Å². The van der Waals surface area contributed by atoms with Crippen LogP contribution in [0, 0.1) is 17.8 Å². The quantitative estimate of drug-likeness (QED) is 0.718. The van der Waals surface area contributed by atoms with Crippen LogP contribution in [0.5, 0.6) is 11.5 Å². The molecule has 0 saturated carbocycles. The molecule has 29 heavy (non-hydrogen) atoms. The highest BCUT2D eigenvalue weighted by Gasteiger charge is 2.40. The van der Waals surface area contributed by atoms with Crippen molar-refractivity contribution in [2.45, 2.75) is 39.2 Å². The molecule has 6 heteroatoms. The molecule has 3 atom stereocenters. The molecule has 0 radical (unpaired) electrons. The first kappa shape index (κ1) is 21.8. The van der Waals surface area contributed by atoms with Gasteiger partial charge in [0.25, 0.3) is 0 Å². The summed E-state index contributed by atoms with van der Waals surface area (Å²) in [6, 6.07) is 4.62. The zero-order valence-corrected chi connectivity index (χ0v) is 18.7. The summed E-state index contributed by atoms with van der Waals surface area (Å²) in [4.78, 5) is 16.1. The molecule has 162 valence electrons. The lowest BCUT2D eigenvalue weighted by atomic mass is 9.74. The molecule has 1 saturated heterocycles. The monoisotopic (exact) mass is 404 g/mol. The first-order valence-corrected chi connectivity index (χ1v) is 10.7. The Morgan fingerprint density at radius 3 is 2.48 bits per heavy atom. The molecule has 1 aromatic carbocycles. The Kier molecular flexibility index (Phi) is 6.93. The molecule has 0 aliphatic carbocycles. The number of methoxy groups -OCH3 is 2. The van der Waals surface area contributed by atoms with Crippen LogP contribution in [0.4, 0.5) is 4.79 Å². The van der Waals surface area contributed by atoms with Crippen molar-refractivity contribution in [1.82, 2.24) is 9.80 Å². The number of fused-ring (bicyclic) bond motifs is 3. The van der Waals surface area contributed by atoms with Gasteiger partial charge in [0, 0.05) is 33.2 Å². The van der Waals surface area contributed by atoms with Crippen LogP contribution in [0.2, 0.25) is 0 Å². The highest BCUT2D eigenvalue weighted by atomic mass is 16.6. The van der Waals surface area contributed by atoms with Crippen LogP contribution < -0.4 is 9.47 Å². The highest BCUT2D eigenvalue weighted by Crippen LogP contribution is 2.45. The van der Waals surface area contributed by atoms with Crippen LogP contribution in [0.3, 0.4) is 0 Å². The predicted molar refractivity (Wildman–Crippen MR) is 114 cm³/mol. The van der Waals surface area contributed by atoms with E-state index in [0.717, 1.165) is 43.9 Å². The fourth-order valence-corrected chi connectivity index (χ4v) is 4.89. The van der Waals surface area contributed by atoms with Gasteiger partial charge in [-0.1, -0.05) is 13.8 Å². The molecule has 1 aromatic rings. The minimum atomic E-state index is -0.258. The number of amides is 1. The topological polar surface area (TPSA) is 51.2 Å². The number of piperidine rings is 1. The van der Waals surface area contributed by atoms with E-state index in [9.17, 15) is 4.79 Å². The molecule has 0 bridgehead atoms. The summed E-state index contributed by atoms with van der Waals surface area (Å²) in [5.74, 6) is 3.12. The molecular formula is C23H36N2O4. The average Bonchev–Trinajstić information content (AvgIpc) is 2.70. The summed E-state index contributed by atoms with van der Waals surface area (Å²) >= 11 is 0. The van der Waals surface area contributed by atoms with E-state index in [2.05, 4.69) is 30.9 Å². The molecule has 0 unspecified atom stereocenters. The van der Waals surface area contributed by atoms with Crippen LogP contribution in [0.25, 0.3) is 0 Å². The number of carbonyl (C=O) groups is 1. The summed E-state index contributed by atoms with van der Waals surface area (Å²) in [6.45, 7) is 7.16. The lowest BCUT2D eigenvalue weighted by Crippen LogP contribution is -2.47. The minimum Gasteiger partial charge on any atom is -0.493 e. The van der Waals surface area contributed by atoms with Crippen LogP contribution in [-0.4, -0.2) is 63.9 Å². The first-order chi connectivity index (χ1) is 13.8. The van der Waals surface area contributed by atoms with E-state index < -0.39 is 0 Å². The fourth-order valence-electron chi connectivity index (χ4n) is 4.89. The van der Waals surface area contributed by atoms with Gasteiger partial charge < -0.3 is 19.1 Å². The minimum absolute atomic E-state index is 0.258. The molecule has 6 nitrogen and oxygen atoms in total. The van der Waals surface area contributed by atoms with Gasteiger partial charge >= 0.3 is 6.09 Å². The summed E-state index contributed by atoms with van der Waals surface area (Å²) in [5.41, 5.74) is 2.68. The van der Waals surface area contributed by atoms with Gasteiger partial charge in [0.1, 0.15) is 0 Å². The lowest BCUT2D eigenvalue weighted by molar-refractivity contribution is 0.00806. The smallest absolute Gasteiger partial charge is 0.409 e. The van der Waals surface area contributed by atoms with Crippen molar-refractivity contribution < 1.29 is 19.0 Å². The number of rotatable bonds is 6. The maximum absolute atomic E-state index is 12.0. The van der Waals surface area contributed by atoms with Crippen molar-refractivity contribution in [2.24, 2.45) is 17.8 Å². The molecular weight excluding hydrogens is 368 g/mol. The van der Waals surface area contributed by atoms with Crippen molar-refractivity contribution in [3.05, 3.63) is 23.3 Å². The number of nitrogens with zero attached hydrogens (tertiary/aromatic N) is 2. The van der Waals surface area contributed by atoms with E-state index in [4.69, 9.17) is 14.2 Å². The van der Waals surface area contributed by atoms with Crippen molar-refractivity contribution >= 4 is 6.09 Å². The zero-order chi connectivity index (χ0) is 21.1. The number of hydrogen-bond donors (Lipinski definition) is 0. The third-order valence-corrected chi connectivity index (χ3v) is 6.34. The van der Waals surface area contributed by atoms with Gasteiger partial charge in [-0.25, -0.2) is 4.79 Å². The number of carbonyl (C=O) groups excluding carboxylic acids is 1. The predicted octanol–water partition coefficient (Wildman–Crippen LogP) is 3.98. The molecule has 0 N–H and O–H groups in total. The molecule has 1 fully saturated rings.